The van der Waals surface area contributed by atoms with Gasteiger partial charge in [-0.1, -0.05) is 13.0 Å². The Balaban J connectivity index is 2.39. The summed E-state index contributed by atoms with van der Waals surface area (Å²) in [5.74, 6) is 4.51. The standard InChI is InChI=1S/C16H23ClN2OS/c1-4-20-14-8-6-7-13-16(14)18-15(11-17)19(13)12(3)9-10-21-5-2/h6-8,12H,4-5,9-11H2,1-3H3. The number of ether oxygens (including phenoxy) is 1. The van der Waals surface area contributed by atoms with Crippen LogP contribution in [0.25, 0.3) is 11.0 Å². The van der Waals surface area contributed by atoms with Crippen molar-refractivity contribution in [2.75, 3.05) is 18.1 Å². The molecule has 0 bridgehead atoms. The lowest BCUT2D eigenvalue weighted by Crippen LogP contribution is -2.09. The lowest BCUT2D eigenvalue weighted by atomic mass is 10.2. The number of imidazole rings is 1. The summed E-state index contributed by atoms with van der Waals surface area (Å²) in [4.78, 5) is 4.70. The number of rotatable bonds is 8. The van der Waals surface area contributed by atoms with Crippen LogP contribution in [0.5, 0.6) is 5.75 Å². The molecular formula is C16H23ClN2OS. The number of fused-ring (bicyclic) bond motifs is 1. The van der Waals surface area contributed by atoms with Gasteiger partial charge in [-0.2, -0.15) is 11.8 Å². The molecule has 0 radical (unpaired) electrons. The highest BCUT2D eigenvalue weighted by molar-refractivity contribution is 7.99. The first-order chi connectivity index (χ1) is 10.2. The van der Waals surface area contributed by atoms with Crippen molar-refractivity contribution in [2.45, 2.75) is 39.1 Å². The van der Waals surface area contributed by atoms with E-state index < -0.39 is 0 Å². The molecule has 0 aliphatic rings. The fourth-order valence-electron chi connectivity index (χ4n) is 2.52. The van der Waals surface area contributed by atoms with Gasteiger partial charge >= 0.3 is 0 Å². The van der Waals surface area contributed by atoms with Crippen LogP contribution in [0.1, 0.15) is 39.1 Å². The zero-order valence-corrected chi connectivity index (χ0v) is 14.5. The number of benzene rings is 1. The first-order valence-corrected chi connectivity index (χ1v) is 9.18. The van der Waals surface area contributed by atoms with E-state index in [0.717, 1.165) is 40.5 Å². The molecule has 5 heteroatoms. The summed E-state index contributed by atoms with van der Waals surface area (Å²) in [6.07, 6.45) is 1.12. The molecule has 0 amide bonds. The van der Waals surface area contributed by atoms with Gasteiger partial charge in [0.15, 0.2) is 0 Å². The van der Waals surface area contributed by atoms with Gasteiger partial charge in [-0.25, -0.2) is 4.98 Å². The van der Waals surface area contributed by atoms with Gasteiger partial charge in [0.1, 0.15) is 17.1 Å². The Morgan fingerprint density at radius 2 is 2.19 bits per heavy atom. The van der Waals surface area contributed by atoms with Crippen molar-refractivity contribution < 1.29 is 4.74 Å². The topological polar surface area (TPSA) is 27.1 Å². The summed E-state index contributed by atoms with van der Waals surface area (Å²) in [5.41, 5.74) is 2.04. The van der Waals surface area contributed by atoms with Crippen LogP contribution in [-0.2, 0) is 5.88 Å². The number of nitrogens with zero attached hydrogens (tertiary/aromatic N) is 2. The third-order valence-corrected chi connectivity index (χ3v) is 4.67. The summed E-state index contributed by atoms with van der Waals surface area (Å²) in [6, 6.07) is 6.49. The zero-order chi connectivity index (χ0) is 15.2. The first kappa shape index (κ1) is 16.5. The molecule has 3 nitrogen and oxygen atoms in total. The van der Waals surface area contributed by atoms with E-state index in [4.69, 9.17) is 21.3 Å². The molecule has 116 valence electrons. The summed E-state index contributed by atoms with van der Waals surface area (Å²) in [7, 11) is 0. The van der Waals surface area contributed by atoms with Crippen LogP contribution in [0.15, 0.2) is 18.2 Å². The Hall–Kier alpha value is -0.870. The average molecular weight is 327 g/mol. The van der Waals surface area contributed by atoms with Crippen molar-refractivity contribution in [1.82, 2.24) is 9.55 Å². The molecule has 0 saturated heterocycles. The minimum atomic E-state index is 0.389. The van der Waals surface area contributed by atoms with Gasteiger partial charge in [0, 0.05) is 6.04 Å². The second-order valence-corrected chi connectivity index (χ2v) is 6.58. The van der Waals surface area contributed by atoms with Crippen LogP contribution in [0.2, 0.25) is 0 Å². The summed E-state index contributed by atoms with van der Waals surface area (Å²) in [5, 5.41) is 0. The van der Waals surface area contributed by atoms with E-state index in [-0.39, 0.29) is 0 Å². The van der Waals surface area contributed by atoms with Gasteiger partial charge < -0.3 is 9.30 Å². The molecule has 21 heavy (non-hydrogen) atoms. The molecule has 0 aliphatic carbocycles. The SMILES string of the molecule is CCOc1cccc2c1nc(CCl)n2C(C)CCSCC. The predicted octanol–water partition coefficient (Wildman–Crippen LogP) is 4.88. The molecule has 1 atom stereocenters. The zero-order valence-electron chi connectivity index (χ0n) is 12.9. The van der Waals surface area contributed by atoms with Crippen LogP contribution < -0.4 is 4.74 Å². The van der Waals surface area contributed by atoms with Gasteiger partial charge in [0.05, 0.1) is 18.0 Å². The van der Waals surface area contributed by atoms with E-state index in [2.05, 4.69) is 24.5 Å². The molecule has 0 spiro atoms. The van der Waals surface area contributed by atoms with E-state index in [1.165, 1.54) is 0 Å². The maximum absolute atomic E-state index is 6.11. The van der Waals surface area contributed by atoms with Crippen LogP contribution in [0, 0.1) is 0 Å². The van der Waals surface area contributed by atoms with Gasteiger partial charge in [0.2, 0.25) is 0 Å². The number of hydrogen-bond acceptors (Lipinski definition) is 3. The highest BCUT2D eigenvalue weighted by Crippen LogP contribution is 2.30. The largest absolute Gasteiger partial charge is 0.492 e. The monoisotopic (exact) mass is 326 g/mol. The van der Waals surface area contributed by atoms with Gasteiger partial charge in [-0.3, -0.25) is 0 Å². The third-order valence-electron chi connectivity index (χ3n) is 3.50. The Kier molecular flexibility index (Phi) is 6.24. The van der Waals surface area contributed by atoms with Crippen LogP contribution >= 0.6 is 23.4 Å². The molecular weight excluding hydrogens is 304 g/mol. The van der Waals surface area contributed by atoms with Gasteiger partial charge in [-0.05, 0) is 43.9 Å². The Labute approximate surface area is 136 Å². The van der Waals surface area contributed by atoms with Gasteiger partial charge in [0.25, 0.3) is 0 Å². The van der Waals surface area contributed by atoms with E-state index in [1.807, 2.05) is 30.8 Å². The smallest absolute Gasteiger partial charge is 0.147 e. The average Bonchev–Trinajstić information content (AvgIpc) is 2.87. The molecule has 0 N–H and O–H groups in total. The summed E-state index contributed by atoms with van der Waals surface area (Å²) in [6.45, 7) is 7.06. The molecule has 0 saturated carbocycles. The molecule has 0 fully saturated rings. The van der Waals surface area contributed by atoms with Crippen molar-refractivity contribution in [3.8, 4) is 5.75 Å². The summed E-state index contributed by atoms with van der Waals surface area (Å²) >= 11 is 8.08. The third kappa shape index (κ3) is 3.67. The number of hydrogen-bond donors (Lipinski definition) is 0. The van der Waals surface area contributed by atoms with Crippen molar-refractivity contribution in [3.63, 3.8) is 0 Å². The molecule has 0 aliphatic heterocycles. The Morgan fingerprint density at radius 1 is 1.38 bits per heavy atom. The predicted molar refractivity (Wildman–Crippen MR) is 92.8 cm³/mol. The molecule has 1 heterocycles. The van der Waals surface area contributed by atoms with Crippen LogP contribution in [-0.4, -0.2) is 27.7 Å². The van der Waals surface area contributed by atoms with Crippen LogP contribution in [0.4, 0.5) is 0 Å². The lowest BCUT2D eigenvalue weighted by molar-refractivity contribution is 0.343. The van der Waals surface area contributed by atoms with Gasteiger partial charge in [-0.15, -0.1) is 11.6 Å². The molecule has 2 rings (SSSR count). The second-order valence-electron chi connectivity index (χ2n) is 4.92. The number of thioether (sulfide) groups is 1. The molecule has 2 aromatic rings. The number of halogens is 1. The van der Waals surface area contributed by atoms with E-state index in [0.29, 0.717) is 18.5 Å². The maximum atomic E-state index is 6.11. The summed E-state index contributed by atoms with van der Waals surface area (Å²) < 4.78 is 7.95. The quantitative estimate of drug-likeness (QED) is 0.511. The highest BCUT2D eigenvalue weighted by Gasteiger charge is 2.17. The van der Waals surface area contributed by atoms with E-state index in [9.17, 15) is 0 Å². The first-order valence-electron chi connectivity index (χ1n) is 7.49. The number of alkyl halides is 1. The van der Waals surface area contributed by atoms with Crippen LogP contribution in [0.3, 0.4) is 0 Å². The van der Waals surface area contributed by atoms with Crippen molar-refractivity contribution in [2.24, 2.45) is 0 Å². The Bertz CT molecular complexity index is 585. The fourth-order valence-corrected chi connectivity index (χ4v) is 3.51. The Morgan fingerprint density at radius 3 is 2.86 bits per heavy atom. The molecule has 1 aromatic carbocycles. The van der Waals surface area contributed by atoms with E-state index >= 15 is 0 Å². The fraction of sp³-hybridized carbons (Fsp3) is 0.562. The van der Waals surface area contributed by atoms with Crippen molar-refractivity contribution in [1.29, 1.82) is 0 Å². The molecule has 1 aromatic heterocycles. The number of aromatic nitrogens is 2. The van der Waals surface area contributed by atoms with E-state index in [1.54, 1.807) is 0 Å². The minimum Gasteiger partial charge on any atom is -0.492 e. The highest BCUT2D eigenvalue weighted by atomic mass is 35.5. The normalized spacial score (nSPS) is 12.8. The van der Waals surface area contributed by atoms with Crippen molar-refractivity contribution in [3.05, 3.63) is 24.0 Å². The maximum Gasteiger partial charge on any atom is 0.147 e. The second kappa shape index (κ2) is 7.95. The van der Waals surface area contributed by atoms with Crippen molar-refractivity contribution >= 4 is 34.4 Å². The molecule has 1 unspecified atom stereocenters. The number of para-hydroxylation sites is 1. The minimum absolute atomic E-state index is 0.389. The lowest BCUT2D eigenvalue weighted by Gasteiger charge is -2.16.